The summed E-state index contributed by atoms with van der Waals surface area (Å²) in [6.45, 7) is 6.55. The van der Waals surface area contributed by atoms with E-state index in [1.54, 1.807) is 0 Å². The number of aromatic amines is 1. The minimum atomic E-state index is 0.628. The van der Waals surface area contributed by atoms with Gasteiger partial charge in [-0.3, -0.25) is 0 Å². The van der Waals surface area contributed by atoms with E-state index in [9.17, 15) is 0 Å². The number of nitrogens with zero attached hydrogens (tertiary/aromatic N) is 1. The van der Waals surface area contributed by atoms with Gasteiger partial charge < -0.3 is 4.98 Å². The third kappa shape index (κ3) is 4.80. The van der Waals surface area contributed by atoms with Gasteiger partial charge in [-0.15, -0.1) is 0 Å². The SMILES string of the molecule is CCCc1cc(=S)nc(CSC(C)C)[nH]1. The van der Waals surface area contributed by atoms with Gasteiger partial charge in [0.2, 0.25) is 0 Å². The molecule has 0 bridgehead atoms. The summed E-state index contributed by atoms with van der Waals surface area (Å²) < 4.78 is 0.705. The fourth-order valence-electron chi connectivity index (χ4n) is 1.28. The molecule has 2 nitrogen and oxygen atoms in total. The summed E-state index contributed by atoms with van der Waals surface area (Å²) in [6.07, 6.45) is 2.18. The van der Waals surface area contributed by atoms with Crippen molar-refractivity contribution in [2.75, 3.05) is 0 Å². The fourth-order valence-corrected chi connectivity index (χ4v) is 2.16. The monoisotopic (exact) mass is 242 g/mol. The van der Waals surface area contributed by atoms with Gasteiger partial charge in [-0.2, -0.15) is 11.8 Å². The second-order valence-electron chi connectivity index (χ2n) is 3.80. The Labute approximate surface area is 101 Å². The molecule has 0 aliphatic carbocycles. The first-order valence-electron chi connectivity index (χ1n) is 5.32. The molecule has 1 aromatic rings. The van der Waals surface area contributed by atoms with Crippen LogP contribution in [0, 0.1) is 4.64 Å². The zero-order valence-electron chi connectivity index (χ0n) is 9.54. The number of H-pyrrole nitrogens is 1. The summed E-state index contributed by atoms with van der Waals surface area (Å²) in [4.78, 5) is 7.67. The molecule has 0 aliphatic rings. The highest BCUT2D eigenvalue weighted by molar-refractivity contribution is 7.99. The van der Waals surface area contributed by atoms with E-state index >= 15 is 0 Å². The molecule has 0 atom stereocenters. The normalized spacial score (nSPS) is 10.9. The maximum atomic E-state index is 5.14. The Hall–Kier alpha value is -0.350. The highest BCUT2D eigenvalue weighted by Crippen LogP contribution is 2.14. The van der Waals surface area contributed by atoms with Gasteiger partial charge in [0.25, 0.3) is 0 Å². The smallest absolute Gasteiger partial charge is 0.130 e. The van der Waals surface area contributed by atoms with Crippen LogP contribution < -0.4 is 0 Å². The summed E-state index contributed by atoms with van der Waals surface area (Å²) in [5.74, 6) is 1.92. The lowest BCUT2D eigenvalue weighted by atomic mass is 10.2. The van der Waals surface area contributed by atoms with Crippen LogP contribution in [0.15, 0.2) is 6.07 Å². The summed E-state index contributed by atoms with van der Waals surface area (Å²) in [5, 5.41) is 0.628. The molecule has 0 saturated heterocycles. The highest BCUT2D eigenvalue weighted by Gasteiger charge is 2.01. The largest absolute Gasteiger partial charge is 0.346 e. The van der Waals surface area contributed by atoms with Crippen LogP contribution in [-0.2, 0) is 12.2 Å². The van der Waals surface area contributed by atoms with Crippen LogP contribution in [0.25, 0.3) is 0 Å². The van der Waals surface area contributed by atoms with Gasteiger partial charge in [0.05, 0.1) is 5.75 Å². The minimum Gasteiger partial charge on any atom is -0.346 e. The summed E-state index contributed by atoms with van der Waals surface area (Å²) in [7, 11) is 0. The van der Waals surface area contributed by atoms with Gasteiger partial charge in [0, 0.05) is 5.69 Å². The van der Waals surface area contributed by atoms with Gasteiger partial charge in [-0.1, -0.05) is 39.4 Å². The number of hydrogen-bond donors (Lipinski definition) is 1. The molecule has 1 heterocycles. The van der Waals surface area contributed by atoms with E-state index in [1.165, 1.54) is 5.69 Å². The van der Waals surface area contributed by atoms with Gasteiger partial charge in [-0.05, 0) is 17.7 Å². The van der Waals surface area contributed by atoms with Crippen LogP contribution in [0.1, 0.15) is 38.7 Å². The second kappa shape index (κ2) is 6.28. The van der Waals surface area contributed by atoms with Crippen molar-refractivity contribution in [3.63, 3.8) is 0 Å². The number of hydrogen-bond acceptors (Lipinski definition) is 3. The van der Waals surface area contributed by atoms with Crippen molar-refractivity contribution in [3.8, 4) is 0 Å². The van der Waals surface area contributed by atoms with Crippen LogP contribution in [0.5, 0.6) is 0 Å². The van der Waals surface area contributed by atoms with Crippen molar-refractivity contribution in [1.82, 2.24) is 9.97 Å². The van der Waals surface area contributed by atoms with E-state index in [2.05, 4.69) is 30.7 Å². The Morgan fingerprint density at radius 2 is 2.27 bits per heavy atom. The van der Waals surface area contributed by atoms with Crippen molar-refractivity contribution in [1.29, 1.82) is 0 Å². The van der Waals surface area contributed by atoms with Gasteiger partial charge in [0.1, 0.15) is 10.5 Å². The predicted molar refractivity (Wildman–Crippen MR) is 69.8 cm³/mol. The summed E-state index contributed by atoms with van der Waals surface area (Å²) in [6, 6.07) is 1.96. The average molecular weight is 242 g/mol. The average Bonchev–Trinajstić information content (AvgIpc) is 2.14. The lowest BCUT2D eigenvalue weighted by molar-refractivity contribution is 0.850. The molecular formula is C11H18N2S2. The van der Waals surface area contributed by atoms with Gasteiger partial charge in [-0.25, -0.2) is 4.98 Å². The minimum absolute atomic E-state index is 0.628. The summed E-state index contributed by atoms with van der Waals surface area (Å²) >= 11 is 7.02. The van der Waals surface area contributed by atoms with Gasteiger partial charge in [0.15, 0.2) is 0 Å². The highest BCUT2D eigenvalue weighted by atomic mass is 32.2. The molecule has 0 unspecified atom stereocenters. The molecular weight excluding hydrogens is 224 g/mol. The first-order valence-corrected chi connectivity index (χ1v) is 6.78. The van der Waals surface area contributed by atoms with E-state index in [0.29, 0.717) is 9.89 Å². The molecule has 0 spiro atoms. The maximum Gasteiger partial charge on any atom is 0.130 e. The molecule has 84 valence electrons. The molecule has 0 radical (unpaired) electrons. The van der Waals surface area contributed by atoms with Crippen molar-refractivity contribution in [2.24, 2.45) is 0 Å². The number of thioether (sulfide) groups is 1. The standard InChI is InChI=1S/C11H18N2S2/c1-4-5-9-6-11(14)13-10(12-9)7-15-8(2)3/h6,8H,4-5,7H2,1-3H3,(H,12,13,14). The van der Waals surface area contributed by atoms with E-state index in [-0.39, 0.29) is 0 Å². The molecule has 1 N–H and O–H groups in total. The Kier molecular flexibility index (Phi) is 5.32. The number of aryl methyl sites for hydroxylation is 1. The number of aromatic nitrogens is 2. The fraction of sp³-hybridized carbons (Fsp3) is 0.636. The molecule has 0 saturated carbocycles. The van der Waals surface area contributed by atoms with Crippen molar-refractivity contribution < 1.29 is 0 Å². The van der Waals surface area contributed by atoms with Crippen LogP contribution in [0.4, 0.5) is 0 Å². The van der Waals surface area contributed by atoms with Crippen LogP contribution in [0.2, 0.25) is 0 Å². The Balaban J connectivity index is 2.75. The zero-order chi connectivity index (χ0) is 11.3. The molecule has 0 aromatic carbocycles. The Bertz CT molecular complexity index is 358. The van der Waals surface area contributed by atoms with Crippen molar-refractivity contribution in [2.45, 2.75) is 44.6 Å². The van der Waals surface area contributed by atoms with Crippen molar-refractivity contribution in [3.05, 3.63) is 22.2 Å². The lowest BCUT2D eigenvalue weighted by Crippen LogP contribution is -2.00. The lowest BCUT2D eigenvalue weighted by Gasteiger charge is -2.06. The van der Waals surface area contributed by atoms with Crippen LogP contribution in [-0.4, -0.2) is 15.2 Å². The Morgan fingerprint density at radius 1 is 1.53 bits per heavy atom. The van der Waals surface area contributed by atoms with Crippen LogP contribution >= 0.6 is 24.0 Å². The van der Waals surface area contributed by atoms with Crippen LogP contribution in [0.3, 0.4) is 0 Å². The molecule has 1 rings (SSSR count). The van der Waals surface area contributed by atoms with E-state index < -0.39 is 0 Å². The number of rotatable bonds is 5. The predicted octanol–water partition coefficient (Wildman–Crippen LogP) is 3.73. The molecule has 1 aromatic heterocycles. The third-order valence-electron chi connectivity index (χ3n) is 1.92. The van der Waals surface area contributed by atoms with Gasteiger partial charge >= 0.3 is 0 Å². The molecule has 0 aliphatic heterocycles. The molecule has 15 heavy (non-hydrogen) atoms. The van der Waals surface area contributed by atoms with E-state index in [0.717, 1.165) is 24.4 Å². The second-order valence-corrected chi connectivity index (χ2v) is 5.78. The topological polar surface area (TPSA) is 28.7 Å². The first kappa shape index (κ1) is 12.7. The quantitative estimate of drug-likeness (QED) is 0.798. The third-order valence-corrected chi connectivity index (χ3v) is 3.24. The first-order chi connectivity index (χ1) is 7.11. The van der Waals surface area contributed by atoms with E-state index in [4.69, 9.17) is 12.2 Å². The summed E-state index contributed by atoms with van der Waals surface area (Å²) in [5.41, 5.74) is 1.21. The molecule has 0 amide bonds. The molecule has 4 heteroatoms. The maximum absolute atomic E-state index is 5.14. The molecule has 0 fully saturated rings. The number of nitrogens with one attached hydrogen (secondary N) is 1. The van der Waals surface area contributed by atoms with Crippen molar-refractivity contribution >= 4 is 24.0 Å². The van der Waals surface area contributed by atoms with E-state index in [1.807, 2.05) is 17.8 Å². The zero-order valence-corrected chi connectivity index (χ0v) is 11.2. The Morgan fingerprint density at radius 3 is 2.87 bits per heavy atom.